The predicted molar refractivity (Wildman–Crippen MR) is 325 cm³/mol. The molecule has 17 heteroatoms. The van der Waals surface area contributed by atoms with Gasteiger partial charge in [-0.05, 0) is 164 Å². The summed E-state index contributed by atoms with van der Waals surface area (Å²) in [6, 6.07) is 19.3. The molecule has 5 N–H and O–H groups in total. The van der Waals surface area contributed by atoms with Crippen molar-refractivity contribution in [3.05, 3.63) is 157 Å². The quantitative estimate of drug-likeness (QED) is 0.0168. The third-order valence-electron chi connectivity index (χ3n) is 17.9. The van der Waals surface area contributed by atoms with Crippen molar-refractivity contribution >= 4 is 29.3 Å². The molecule has 0 amide bonds. The average Bonchev–Trinajstić information content (AvgIpc) is 4.53. The second kappa shape index (κ2) is 32.7. The van der Waals surface area contributed by atoms with Crippen LogP contribution in [0.4, 0.5) is 0 Å². The van der Waals surface area contributed by atoms with Gasteiger partial charge in [0.25, 0.3) is 0 Å². The monoisotopic (exact) mass is 1130 g/mol. The summed E-state index contributed by atoms with van der Waals surface area (Å²) in [6.07, 6.45) is 41.5. The summed E-state index contributed by atoms with van der Waals surface area (Å²) < 4.78 is 1.31. The molecular weight excluding hydrogens is 1030 g/mol. The number of nitro groups is 2. The van der Waals surface area contributed by atoms with Crippen LogP contribution in [0, 0.1) is 41.7 Å². The molecule has 82 heavy (non-hydrogen) atoms. The van der Waals surface area contributed by atoms with Crippen LogP contribution in [0.1, 0.15) is 209 Å². The molecule has 2 aliphatic heterocycles. The first kappa shape index (κ1) is 64.3. The first-order valence-corrected chi connectivity index (χ1v) is 30.4. The van der Waals surface area contributed by atoms with Gasteiger partial charge in [-0.15, -0.1) is 0 Å². The number of allylic oxidation sites excluding steroid dienone is 2. The van der Waals surface area contributed by atoms with Crippen molar-refractivity contribution in [1.29, 1.82) is 0 Å². The number of aromatic amines is 5. The minimum absolute atomic E-state index is 0.000509. The Kier molecular flexibility index (Phi) is 25.6. The van der Waals surface area contributed by atoms with Crippen molar-refractivity contribution in [1.82, 2.24) is 24.9 Å². The molecule has 0 aromatic carbocycles. The second-order valence-electron chi connectivity index (χ2n) is 24.2. The van der Waals surface area contributed by atoms with Gasteiger partial charge >= 0.3 is 0 Å². The minimum atomic E-state index is -0.676. The zero-order chi connectivity index (χ0) is 58.8. The first-order valence-electron chi connectivity index (χ1n) is 30.4. The molecule has 4 saturated carbocycles. The topological polar surface area (TPSA) is 255 Å². The van der Waals surface area contributed by atoms with E-state index in [2.05, 4.69) is 50.0 Å². The molecule has 3 unspecified atom stereocenters. The van der Waals surface area contributed by atoms with Crippen molar-refractivity contribution in [3.63, 3.8) is 0 Å². The first-order chi connectivity index (χ1) is 39.5. The molecular formula is C65H93N9O8. The number of carbonyl (C=O) groups is 3. The largest absolute Gasteiger partial charge is 0.624 e. The zero-order valence-corrected chi connectivity index (χ0v) is 49.4. The van der Waals surface area contributed by atoms with Crippen LogP contribution >= 0.6 is 0 Å². The smallest absolute Gasteiger partial charge is 0.224 e. The van der Waals surface area contributed by atoms with Crippen LogP contribution in [0.15, 0.2) is 108 Å². The van der Waals surface area contributed by atoms with Gasteiger partial charge in [0.05, 0.1) is 31.0 Å². The molecule has 4 fully saturated rings. The zero-order valence-electron chi connectivity index (χ0n) is 49.4. The van der Waals surface area contributed by atoms with Crippen LogP contribution in [0.25, 0.3) is 0 Å². The van der Waals surface area contributed by atoms with Crippen LogP contribution < -0.4 is 0 Å². The number of rotatable bonds is 15. The Bertz CT molecular complexity index is 2750. The maximum absolute atomic E-state index is 12.4. The summed E-state index contributed by atoms with van der Waals surface area (Å²) in [5.74, 6) is 0.266. The van der Waals surface area contributed by atoms with E-state index in [1.165, 1.54) is 117 Å². The lowest BCUT2D eigenvalue weighted by molar-refractivity contribution is -0.544. The summed E-state index contributed by atoms with van der Waals surface area (Å²) in [7, 11) is 0. The number of aliphatic imine (C=N–C) groups is 1. The molecule has 17 nitrogen and oxygen atoms in total. The maximum atomic E-state index is 12.4. The molecule has 0 radical (unpaired) electrons. The molecule has 5 aromatic heterocycles. The van der Waals surface area contributed by atoms with E-state index in [1.54, 1.807) is 50.6 Å². The summed E-state index contributed by atoms with van der Waals surface area (Å²) >= 11 is 0. The number of aromatic nitrogens is 5. The fourth-order valence-electron chi connectivity index (χ4n) is 14.0. The molecule has 11 rings (SSSR count). The predicted octanol–water partition coefficient (Wildman–Crippen LogP) is 14.3. The summed E-state index contributed by atoms with van der Waals surface area (Å²) in [6.45, 7) is 7.40. The highest BCUT2D eigenvalue weighted by atomic mass is 16.6. The van der Waals surface area contributed by atoms with Crippen molar-refractivity contribution in [2.45, 2.75) is 219 Å². The van der Waals surface area contributed by atoms with Gasteiger partial charge in [-0.2, -0.15) is 0 Å². The Labute approximate surface area is 485 Å². The van der Waals surface area contributed by atoms with Crippen molar-refractivity contribution in [2.75, 3.05) is 6.54 Å². The van der Waals surface area contributed by atoms with Crippen molar-refractivity contribution < 1.29 is 29.0 Å². The Morgan fingerprint density at radius 3 is 1.63 bits per heavy atom. The normalized spacial score (nSPS) is 20.5. The SMILES string of the molecule is CC(=O)C=C1CCCCC1.CC(=O)CC1(C(Cc2ccc[nH]2)[N+](=O)[O-])CCCCC1.CC1=NC(Cc2ccc[nH]2)C2(CCCCC2)C1.CC1=[N+]([O-])C(Cc2ccc[nH]2)C2(CCCCC2)C1.O=Cc1ccc[nH]1.O=[N+]([O-])CCc1ccc[nH]1. The Balaban J connectivity index is 0.000000163. The molecule has 6 aliphatic rings. The molecule has 0 saturated heterocycles. The fraction of sp³-hybridized carbons (Fsp3) is 0.585. The van der Waals surface area contributed by atoms with Gasteiger partial charge < -0.3 is 34.9 Å². The standard InChI is InChI=1S/C15H22N2O3.C15H22N2O.C15H22N2.C9H14O.C6H8N2O2.C5H5NO/c1-12(18)11-15(7-3-2-4-8-15)14(17(19)20)10-13-6-5-9-16-13;1-12-11-15(7-3-2-4-8-15)14(17(12)18)10-13-6-5-9-16-13;1-12-11-15(7-3-2-4-8-15)14(17-12)10-13-6-5-9-16-13;1-8(10)7-9-5-3-2-4-6-9;9-8(10)5-3-6-2-1-4-7-6;7-4-5-2-1-3-6-5/h5-6,9,14,16H,2-4,7-8,10-11H2,1H3;5-6,9,14,16H,2-4,7-8,10-11H2,1H3;5-6,9,14,16H,2-4,7-8,10-11H2,1H3;7H,2-6H2,1H3;1-2,4,7H,3,5H2;1-4,6H. The fourth-order valence-corrected chi connectivity index (χ4v) is 14.0. The number of hydrogen-bond donors (Lipinski definition) is 5. The number of aldehydes is 1. The van der Waals surface area contributed by atoms with E-state index in [4.69, 9.17) is 4.99 Å². The van der Waals surface area contributed by atoms with Gasteiger partial charge in [-0.25, -0.2) is 4.74 Å². The minimum Gasteiger partial charge on any atom is -0.624 e. The number of ketones is 2. The highest BCUT2D eigenvalue weighted by molar-refractivity contribution is 5.88. The van der Waals surface area contributed by atoms with E-state index in [-0.39, 0.29) is 39.4 Å². The molecule has 5 aromatic rings. The van der Waals surface area contributed by atoms with Gasteiger partial charge in [0.1, 0.15) is 5.78 Å². The molecule has 2 spiro atoms. The number of nitrogens with one attached hydrogen (secondary N) is 5. The number of carbonyl (C=O) groups excluding carboxylic acids is 3. The van der Waals surface area contributed by atoms with Crippen LogP contribution in [0.5, 0.6) is 0 Å². The van der Waals surface area contributed by atoms with E-state index in [0.29, 0.717) is 36.4 Å². The van der Waals surface area contributed by atoms with Crippen LogP contribution in [-0.4, -0.2) is 93.5 Å². The number of hydroxylamine groups is 1. The van der Waals surface area contributed by atoms with E-state index in [1.807, 2.05) is 49.6 Å². The molecule has 0 bridgehead atoms. The third-order valence-corrected chi connectivity index (χ3v) is 17.9. The Morgan fingerprint density at radius 1 is 0.659 bits per heavy atom. The van der Waals surface area contributed by atoms with Gasteiger partial charge in [0.2, 0.25) is 12.6 Å². The van der Waals surface area contributed by atoms with Gasteiger partial charge in [-0.3, -0.25) is 34.8 Å². The third kappa shape index (κ3) is 19.9. The Morgan fingerprint density at radius 2 is 1.16 bits per heavy atom. The van der Waals surface area contributed by atoms with E-state index < -0.39 is 11.5 Å². The number of nitrogens with zero attached hydrogens (tertiary/aromatic N) is 4. The van der Waals surface area contributed by atoms with Crippen molar-refractivity contribution in [3.8, 4) is 0 Å². The van der Waals surface area contributed by atoms with Crippen LogP contribution in [0.2, 0.25) is 0 Å². The van der Waals surface area contributed by atoms with Crippen LogP contribution in [-0.2, 0) is 35.3 Å². The summed E-state index contributed by atoms with van der Waals surface area (Å²) in [5.41, 5.74) is 9.04. The van der Waals surface area contributed by atoms with Gasteiger partial charge in [0.15, 0.2) is 23.8 Å². The van der Waals surface area contributed by atoms with E-state index in [9.17, 15) is 39.8 Å². The molecule has 7 heterocycles. The number of hydrogen-bond acceptors (Lipinski definition) is 9. The van der Waals surface area contributed by atoms with Gasteiger partial charge in [0, 0.05) is 106 Å². The maximum Gasteiger partial charge on any atom is 0.224 e. The summed E-state index contributed by atoms with van der Waals surface area (Å²) in [4.78, 5) is 73.2. The van der Waals surface area contributed by atoms with E-state index >= 15 is 0 Å². The molecule has 3 atom stereocenters. The second-order valence-corrected chi connectivity index (χ2v) is 24.2. The highest BCUT2D eigenvalue weighted by Gasteiger charge is 2.51. The van der Waals surface area contributed by atoms with Crippen molar-refractivity contribution in [2.24, 2.45) is 21.2 Å². The highest BCUT2D eigenvalue weighted by Crippen LogP contribution is 2.49. The lowest BCUT2D eigenvalue weighted by atomic mass is 9.65. The lowest BCUT2D eigenvalue weighted by Gasteiger charge is -2.38. The lowest BCUT2D eigenvalue weighted by Crippen LogP contribution is -2.45. The average molecular weight is 1130 g/mol. The van der Waals surface area contributed by atoms with Crippen LogP contribution in [0.3, 0.4) is 0 Å². The van der Waals surface area contributed by atoms with Gasteiger partial charge in [-0.1, -0.05) is 69.8 Å². The number of Topliss-reactive ketones (excluding diaryl/α,β-unsaturated/α-hetero) is 1. The number of H-pyrrole nitrogens is 5. The summed E-state index contributed by atoms with van der Waals surface area (Å²) in [5, 5.41) is 33.8. The molecule has 4 aliphatic carbocycles. The van der Waals surface area contributed by atoms with E-state index in [0.717, 1.165) is 87.6 Å². The Hall–Kier alpha value is -6.91. The molecule has 446 valence electrons.